The van der Waals surface area contributed by atoms with Crippen molar-refractivity contribution in [1.82, 2.24) is 5.01 Å². The molecular formula is C25H21ClN2O5. The van der Waals surface area contributed by atoms with Crippen LogP contribution >= 0.6 is 11.6 Å². The fourth-order valence-electron chi connectivity index (χ4n) is 4.42. The molecule has 0 saturated carbocycles. The maximum absolute atomic E-state index is 12.3. The Morgan fingerprint density at radius 1 is 1.06 bits per heavy atom. The van der Waals surface area contributed by atoms with Gasteiger partial charge in [-0.25, -0.2) is 9.80 Å². The molecule has 3 aromatic rings. The highest BCUT2D eigenvalue weighted by Gasteiger charge is 2.43. The van der Waals surface area contributed by atoms with Crippen LogP contribution < -0.4 is 14.2 Å². The van der Waals surface area contributed by atoms with Gasteiger partial charge in [-0.1, -0.05) is 41.9 Å². The third-order valence-corrected chi connectivity index (χ3v) is 6.19. The Balaban J connectivity index is 1.66. The van der Waals surface area contributed by atoms with Gasteiger partial charge in [0.05, 0.1) is 26.0 Å². The number of hydrogen-bond acceptors (Lipinski definition) is 6. The van der Waals surface area contributed by atoms with Crippen LogP contribution in [0.4, 0.5) is 0 Å². The summed E-state index contributed by atoms with van der Waals surface area (Å²) in [4.78, 5) is 12.3. The van der Waals surface area contributed by atoms with Crippen molar-refractivity contribution in [2.24, 2.45) is 5.10 Å². The first-order valence-corrected chi connectivity index (χ1v) is 10.7. The Hall–Kier alpha value is -3.71. The van der Waals surface area contributed by atoms with Crippen LogP contribution in [0.25, 0.3) is 0 Å². The predicted octanol–water partition coefficient (Wildman–Crippen LogP) is 5.30. The number of hydrogen-bond donors (Lipinski definition) is 1. The van der Waals surface area contributed by atoms with Crippen LogP contribution in [0.1, 0.15) is 45.7 Å². The van der Waals surface area contributed by atoms with E-state index in [1.54, 1.807) is 12.1 Å². The van der Waals surface area contributed by atoms with Crippen LogP contribution in [0.2, 0.25) is 5.02 Å². The summed E-state index contributed by atoms with van der Waals surface area (Å²) in [7, 11) is 2.89. The van der Waals surface area contributed by atoms with E-state index in [4.69, 9.17) is 30.9 Å². The summed E-state index contributed by atoms with van der Waals surface area (Å²) in [5, 5.41) is 17.4. The minimum Gasteiger partial charge on any atom is -0.493 e. The number of ether oxygens (including phenoxy) is 3. The van der Waals surface area contributed by atoms with Gasteiger partial charge in [-0.05, 0) is 35.9 Å². The topological polar surface area (TPSA) is 80.6 Å². The van der Waals surface area contributed by atoms with E-state index in [0.29, 0.717) is 28.5 Å². The van der Waals surface area contributed by atoms with E-state index in [0.717, 1.165) is 16.8 Å². The van der Waals surface area contributed by atoms with Crippen molar-refractivity contribution in [1.29, 1.82) is 0 Å². The standard InChI is InChI=1S/C25H21ClN2O5/c1-31-21-12-11-17(22(25(29)30)23(21)32-2)24-28-19(16-5-3-4-6-20(16)33-24)13-18(27-28)14-7-9-15(26)10-8-14/h3-12,19,24H,13H2,1-2H3,(H,29,30). The zero-order valence-electron chi connectivity index (χ0n) is 18.0. The molecule has 0 aliphatic carbocycles. The van der Waals surface area contributed by atoms with Crippen molar-refractivity contribution < 1.29 is 24.1 Å². The number of aromatic carboxylic acids is 1. The number of methoxy groups -OCH3 is 2. The average molecular weight is 465 g/mol. The average Bonchev–Trinajstić information content (AvgIpc) is 3.28. The van der Waals surface area contributed by atoms with Crippen LogP contribution in [0.5, 0.6) is 17.2 Å². The van der Waals surface area contributed by atoms with E-state index in [2.05, 4.69) is 0 Å². The fourth-order valence-corrected chi connectivity index (χ4v) is 4.55. The van der Waals surface area contributed by atoms with Crippen molar-refractivity contribution in [3.8, 4) is 17.2 Å². The summed E-state index contributed by atoms with van der Waals surface area (Å²) in [6, 6.07) is 18.5. The molecule has 0 radical (unpaired) electrons. The van der Waals surface area contributed by atoms with Gasteiger partial charge in [0.15, 0.2) is 11.5 Å². The Morgan fingerprint density at radius 2 is 1.82 bits per heavy atom. The molecule has 2 aliphatic heterocycles. The summed E-state index contributed by atoms with van der Waals surface area (Å²) in [6.45, 7) is 0. The molecule has 8 heteroatoms. The molecule has 1 N–H and O–H groups in total. The molecule has 0 aromatic heterocycles. The first-order valence-electron chi connectivity index (χ1n) is 10.4. The minimum atomic E-state index is -1.14. The maximum Gasteiger partial charge on any atom is 0.340 e. The quantitative estimate of drug-likeness (QED) is 0.552. The molecule has 5 rings (SSSR count). The van der Waals surface area contributed by atoms with Gasteiger partial charge in [0.2, 0.25) is 6.23 Å². The third-order valence-electron chi connectivity index (χ3n) is 5.93. The van der Waals surface area contributed by atoms with Crippen LogP contribution in [-0.2, 0) is 0 Å². The third kappa shape index (κ3) is 3.54. The highest BCUT2D eigenvalue weighted by molar-refractivity contribution is 6.30. The molecule has 7 nitrogen and oxygen atoms in total. The molecular weight excluding hydrogens is 444 g/mol. The van der Waals surface area contributed by atoms with Crippen LogP contribution in [-0.4, -0.2) is 36.0 Å². The minimum absolute atomic E-state index is 0.0184. The first-order chi connectivity index (χ1) is 16.0. The lowest BCUT2D eigenvalue weighted by Gasteiger charge is -2.38. The summed E-state index contributed by atoms with van der Waals surface area (Å²) >= 11 is 6.06. The molecule has 3 aromatic carbocycles. The Kier molecular flexibility index (Phi) is 5.34. The van der Waals surface area contributed by atoms with Gasteiger partial charge in [0.25, 0.3) is 0 Å². The number of fused-ring (bicyclic) bond motifs is 3. The van der Waals surface area contributed by atoms with Crippen molar-refractivity contribution >= 4 is 23.3 Å². The molecule has 0 saturated heterocycles. The van der Waals surface area contributed by atoms with Crippen LogP contribution in [0, 0.1) is 0 Å². The SMILES string of the molecule is COc1ccc(C2Oc3ccccc3C3CC(c4ccc(Cl)cc4)=NN32)c(C(=O)O)c1OC. The molecule has 0 bridgehead atoms. The number of nitrogens with zero attached hydrogens (tertiary/aromatic N) is 2. The van der Waals surface area contributed by atoms with Crippen molar-refractivity contribution in [3.05, 3.63) is 87.9 Å². The number of carboxylic acids is 1. The number of benzene rings is 3. The number of rotatable bonds is 5. The summed E-state index contributed by atoms with van der Waals surface area (Å²) in [6.07, 6.45) is -0.116. The number of carbonyl (C=O) groups is 1. The molecule has 0 spiro atoms. The summed E-state index contributed by atoms with van der Waals surface area (Å²) in [5.74, 6) is 0.0316. The second kappa shape index (κ2) is 8.33. The van der Waals surface area contributed by atoms with E-state index in [-0.39, 0.29) is 17.4 Å². The zero-order chi connectivity index (χ0) is 23.1. The van der Waals surface area contributed by atoms with E-state index >= 15 is 0 Å². The molecule has 2 heterocycles. The van der Waals surface area contributed by atoms with Gasteiger partial charge in [-0.3, -0.25) is 0 Å². The lowest BCUT2D eigenvalue weighted by molar-refractivity contribution is -0.0199. The van der Waals surface area contributed by atoms with E-state index in [1.165, 1.54) is 14.2 Å². The van der Waals surface area contributed by atoms with Crippen molar-refractivity contribution in [2.75, 3.05) is 14.2 Å². The molecule has 2 aliphatic rings. The van der Waals surface area contributed by atoms with Gasteiger partial charge < -0.3 is 19.3 Å². The first kappa shape index (κ1) is 21.2. The molecule has 2 unspecified atom stereocenters. The highest BCUT2D eigenvalue weighted by Crippen LogP contribution is 2.49. The lowest BCUT2D eigenvalue weighted by atomic mass is 9.95. The highest BCUT2D eigenvalue weighted by atomic mass is 35.5. The molecule has 0 amide bonds. The molecule has 0 fully saturated rings. The van der Waals surface area contributed by atoms with E-state index in [1.807, 2.05) is 53.5 Å². The summed E-state index contributed by atoms with van der Waals surface area (Å²) in [5.41, 5.74) is 3.24. The van der Waals surface area contributed by atoms with E-state index < -0.39 is 12.2 Å². The van der Waals surface area contributed by atoms with Crippen LogP contribution in [0.3, 0.4) is 0 Å². The van der Waals surface area contributed by atoms with Crippen LogP contribution in [0.15, 0.2) is 65.8 Å². The van der Waals surface area contributed by atoms with Crippen molar-refractivity contribution in [3.63, 3.8) is 0 Å². The van der Waals surface area contributed by atoms with E-state index in [9.17, 15) is 9.90 Å². The van der Waals surface area contributed by atoms with Crippen molar-refractivity contribution in [2.45, 2.75) is 18.7 Å². The van der Waals surface area contributed by atoms with Gasteiger partial charge in [0, 0.05) is 22.6 Å². The van der Waals surface area contributed by atoms with Gasteiger partial charge >= 0.3 is 5.97 Å². The van der Waals surface area contributed by atoms with Gasteiger partial charge in [-0.15, -0.1) is 0 Å². The fraction of sp³-hybridized carbons (Fsp3) is 0.200. The molecule has 168 valence electrons. The van der Waals surface area contributed by atoms with Gasteiger partial charge in [0.1, 0.15) is 11.3 Å². The number of carboxylic acid groups (broad SMARTS) is 1. The largest absolute Gasteiger partial charge is 0.493 e. The number of halogens is 1. The lowest BCUT2D eigenvalue weighted by Crippen LogP contribution is -2.34. The van der Waals surface area contributed by atoms with Gasteiger partial charge in [-0.2, -0.15) is 5.10 Å². The second-order valence-electron chi connectivity index (χ2n) is 7.73. The normalized spacial score (nSPS) is 18.6. The smallest absolute Gasteiger partial charge is 0.340 e. The summed E-state index contributed by atoms with van der Waals surface area (Å²) < 4.78 is 17.1. The number of para-hydroxylation sites is 1. The molecule has 2 atom stereocenters. The predicted molar refractivity (Wildman–Crippen MR) is 124 cm³/mol. The zero-order valence-corrected chi connectivity index (χ0v) is 18.7. The monoisotopic (exact) mass is 464 g/mol. The number of hydrazone groups is 1. The molecule has 33 heavy (non-hydrogen) atoms. The Bertz CT molecular complexity index is 1260. The second-order valence-corrected chi connectivity index (χ2v) is 8.17. The maximum atomic E-state index is 12.3. The Morgan fingerprint density at radius 3 is 2.52 bits per heavy atom. The Labute approximate surface area is 195 Å².